The molecule has 130 valence electrons. The first kappa shape index (κ1) is 16.2. The molecule has 3 aliphatic rings. The van der Waals surface area contributed by atoms with E-state index >= 15 is 0 Å². The SMILES string of the molecule is Cc1ccc(S(=O)(=O)N2[C@H]3CC[C@H]2CC(N2C(=O)CCC2=O)C3)s1. The molecule has 4 heterocycles. The van der Waals surface area contributed by atoms with Crippen molar-refractivity contribution >= 4 is 33.2 Å². The first-order chi connectivity index (χ1) is 11.4. The predicted octanol–water partition coefficient (Wildman–Crippen LogP) is 1.89. The predicted molar refractivity (Wildman–Crippen MR) is 89.0 cm³/mol. The van der Waals surface area contributed by atoms with Crippen molar-refractivity contribution in [2.75, 3.05) is 0 Å². The Morgan fingerprint density at radius 3 is 2.08 bits per heavy atom. The van der Waals surface area contributed by atoms with Gasteiger partial charge in [-0.25, -0.2) is 8.42 Å². The number of rotatable bonds is 3. The zero-order chi connectivity index (χ0) is 17.1. The van der Waals surface area contributed by atoms with Crippen LogP contribution in [0, 0.1) is 6.92 Å². The van der Waals surface area contributed by atoms with Crippen molar-refractivity contribution in [2.24, 2.45) is 0 Å². The quantitative estimate of drug-likeness (QED) is 0.764. The molecular weight excluding hydrogens is 348 g/mol. The number of imide groups is 1. The molecule has 0 aromatic carbocycles. The molecule has 0 unspecified atom stereocenters. The van der Waals surface area contributed by atoms with Crippen LogP contribution >= 0.6 is 11.3 Å². The minimum absolute atomic E-state index is 0.102. The fraction of sp³-hybridized carbons (Fsp3) is 0.625. The van der Waals surface area contributed by atoms with Crippen molar-refractivity contribution in [1.82, 2.24) is 9.21 Å². The molecule has 2 atom stereocenters. The van der Waals surface area contributed by atoms with E-state index in [0.29, 0.717) is 29.9 Å². The number of sulfonamides is 1. The fourth-order valence-electron chi connectivity index (χ4n) is 4.36. The van der Waals surface area contributed by atoms with Gasteiger partial charge in [0.2, 0.25) is 11.8 Å². The Balaban J connectivity index is 1.59. The summed E-state index contributed by atoms with van der Waals surface area (Å²) in [5.41, 5.74) is 0. The van der Waals surface area contributed by atoms with Crippen LogP contribution in [-0.2, 0) is 19.6 Å². The number of fused-ring (bicyclic) bond motifs is 2. The monoisotopic (exact) mass is 368 g/mol. The minimum Gasteiger partial charge on any atom is -0.279 e. The number of likely N-dealkylation sites (tertiary alicyclic amines) is 1. The average molecular weight is 368 g/mol. The second kappa shape index (κ2) is 5.64. The molecule has 0 aliphatic carbocycles. The van der Waals surface area contributed by atoms with Crippen molar-refractivity contribution in [2.45, 2.75) is 67.8 Å². The molecule has 3 fully saturated rings. The van der Waals surface area contributed by atoms with E-state index in [2.05, 4.69) is 0 Å². The van der Waals surface area contributed by atoms with Crippen molar-refractivity contribution in [3.05, 3.63) is 17.0 Å². The second-order valence-corrected chi connectivity index (χ2v) is 10.2. The molecule has 0 saturated carbocycles. The van der Waals surface area contributed by atoms with Crippen LogP contribution in [0.4, 0.5) is 0 Å². The van der Waals surface area contributed by atoms with Crippen LogP contribution in [-0.4, -0.2) is 47.6 Å². The van der Waals surface area contributed by atoms with Crippen LogP contribution in [0.1, 0.15) is 43.4 Å². The number of carbonyl (C=O) groups is 2. The summed E-state index contributed by atoms with van der Waals surface area (Å²) < 4.78 is 28.1. The molecule has 1 aromatic rings. The lowest BCUT2D eigenvalue weighted by Crippen LogP contribution is -2.53. The number of thiophene rings is 1. The number of carbonyl (C=O) groups excluding carboxylic acids is 2. The molecule has 2 amide bonds. The van der Waals surface area contributed by atoms with Gasteiger partial charge in [-0.05, 0) is 44.7 Å². The molecule has 0 spiro atoms. The van der Waals surface area contributed by atoms with Gasteiger partial charge in [-0.2, -0.15) is 4.31 Å². The Morgan fingerprint density at radius 2 is 1.58 bits per heavy atom. The summed E-state index contributed by atoms with van der Waals surface area (Å²) in [5, 5.41) is 0. The standard InChI is InChI=1S/C16H20N2O4S2/c1-10-2-7-16(23-10)24(21,22)18-11-3-4-12(18)9-13(8-11)17-14(19)5-6-15(17)20/h2,7,11-13H,3-6,8-9H2,1H3/t11-,12-/m0/s1. The van der Waals surface area contributed by atoms with E-state index in [4.69, 9.17) is 0 Å². The van der Waals surface area contributed by atoms with Gasteiger partial charge < -0.3 is 0 Å². The Labute approximate surface area is 145 Å². The van der Waals surface area contributed by atoms with E-state index in [1.807, 2.05) is 13.0 Å². The third kappa shape index (κ3) is 2.43. The Hall–Kier alpha value is -1.25. The number of nitrogens with zero attached hydrogens (tertiary/aromatic N) is 2. The smallest absolute Gasteiger partial charge is 0.253 e. The van der Waals surface area contributed by atoms with Crippen LogP contribution in [0.25, 0.3) is 0 Å². The summed E-state index contributed by atoms with van der Waals surface area (Å²) in [5.74, 6) is -0.204. The first-order valence-electron chi connectivity index (χ1n) is 8.33. The van der Waals surface area contributed by atoms with Gasteiger partial charge in [-0.3, -0.25) is 14.5 Å². The lowest BCUT2D eigenvalue weighted by molar-refractivity contribution is -0.142. The van der Waals surface area contributed by atoms with Gasteiger partial charge in [0.1, 0.15) is 4.21 Å². The summed E-state index contributed by atoms with van der Waals surface area (Å²) in [6.07, 6.45) is 3.33. The van der Waals surface area contributed by atoms with Crippen LogP contribution in [0.5, 0.6) is 0 Å². The highest BCUT2D eigenvalue weighted by Gasteiger charge is 2.50. The Kier molecular flexibility index (Phi) is 3.81. The molecule has 3 aliphatic heterocycles. The molecule has 0 N–H and O–H groups in total. The van der Waals surface area contributed by atoms with Crippen molar-refractivity contribution in [3.63, 3.8) is 0 Å². The molecule has 4 rings (SSSR count). The summed E-state index contributed by atoms with van der Waals surface area (Å²) in [6.45, 7) is 1.90. The number of amides is 2. The van der Waals surface area contributed by atoms with Crippen LogP contribution in [0.2, 0.25) is 0 Å². The highest BCUT2D eigenvalue weighted by molar-refractivity contribution is 7.91. The van der Waals surface area contributed by atoms with E-state index in [0.717, 1.165) is 17.7 Å². The van der Waals surface area contributed by atoms with Gasteiger partial charge in [-0.15, -0.1) is 11.3 Å². The van der Waals surface area contributed by atoms with Crippen LogP contribution < -0.4 is 0 Å². The molecule has 6 nitrogen and oxygen atoms in total. The third-order valence-corrected chi connectivity index (χ3v) is 8.82. The Morgan fingerprint density at radius 1 is 1.00 bits per heavy atom. The number of piperidine rings is 1. The molecule has 0 radical (unpaired) electrons. The number of aryl methyl sites for hydroxylation is 1. The molecular formula is C16H20N2O4S2. The fourth-order valence-corrected chi connectivity index (χ4v) is 7.64. The topological polar surface area (TPSA) is 74.8 Å². The van der Waals surface area contributed by atoms with E-state index in [1.165, 1.54) is 16.2 Å². The van der Waals surface area contributed by atoms with Gasteiger partial charge in [0.05, 0.1) is 0 Å². The van der Waals surface area contributed by atoms with E-state index in [-0.39, 0.29) is 29.9 Å². The minimum atomic E-state index is -3.49. The normalized spacial score (nSPS) is 31.2. The zero-order valence-electron chi connectivity index (χ0n) is 13.5. The van der Waals surface area contributed by atoms with Crippen LogP contribution in [0.3, 0.4) is 0 Å². The van der Waals surface area contributed by atoms with E-state index < -0.39 is 10.0 Å². The maximum absolute atomic E-state index is 13.0. The summed E-state index contributed by atoms with van der Waals surface area (Å²) in [7, 11) is -3.49. The largest absolute Gasteiger partial charge is 0.279 e. The summed E-state index contributed by atoms with van der Waals surface area (Å²) >= 11 is 1.30. The van der Waals surface area contributed by atoms with Crippen molar-refractivity contribution in [3.8, 4) is 0 Å². The van der Waals surface area contributed by atoms with E-state index in [1.54, 1.807) is 10.4 Å². The van der Waals surface area contributed by atoms with Gasteiger partial charge in [0, 0.05) is 35.8 Å². The average Bonchev–Trinajstić information content (AvgIpc) is 3.17. The van der Waals surface area contributed by atoms with E-state index in [9.17, 15) is 18.0 Å². The lowest BCUT2D eigenvalue weighted by Gasteiger charge is -2.40. The second-order valence-electron chi connectivity index (χ2n) is 6.87. The van der Waals surface area contributed by atoms with Crippen LogP contribution in [0.15, 0.2) is 16.3 Å². The molecule has 3 saturated heterocycles. The Bertz CT molecular complexity index is 771. The zero-order valence-corrected chi connectivity index (χ0v) is 15.1. The third-order valence-electron chi connectivity index (χ3n) is 5.34. The number of hydrogen-bond donors (Lipinski definition) is 0. The lowest BCUT2D eigenvalue weighted by atomic mass is 9.98. The highest BCUT2D eigenvalue weighted by Crippen LogP contribution is 2.42. The molecule has 2 bridgehead atoms. The highest BCUT2D eigenvalue weighted by atomic mass is 32.2. The number of hydrogen-bond acceptors (Lipinski definition) is 5. The van der Waals surface area contributed by atoms with Crippen molar-refractivity contribution in [1.29, 1.82) is 0 Å². The molecule has 24 heavy (non-hydrogen) atoms. The van der Waals surface area contributed by atoms with Crippen molar-refractivity contribution < 1.29 is 18.0 Å². The first-order valence-corrected chi connectivity index (χ1v) is 10.6. The maximum Gasteiger partial charge on any atom is 0.253 e. The van der Waals surface area contributed by atoms with Gasteiger partial charge in [0.15, 0.2) is 0 Å². The summed E-state index contributed by atoms with van der Waals surface area (Å²) in [4.78, 5) is 26.4. The summed E-state index contributed by atoms with van der Waals surface area (Å²) in [6, 6.07) is 3.15. The maximum atomic E-state index is 13.0. The van der Waals surface area contributed by atoms with Gasteiger partial charge in [0.25, 0.3) is 10.0 Å². The molecule has 8 heteroatoms. The van der Waals surface area contributed by atoms with Gasteiger partial charge in [-0.1, -0.05) is 0 Å². The van der Waals surface area contributed by atoms with Gasteiger partial charge >= 0.3 is 0 Å². The molecule has 1 aromatic heterocycles.